The number of carbonyl (C=O) groups excluding carboxylic acids is 1. The Morgan fingerprint density at radius 1 is 1.18 bits per heavy atom. The molecule has 1 aromatic carbocycles. The Morgan fingerprint density at radius 3 is 2.50 bits per heavy atom. The van der Waals surface area contributed by atoms with E-state index in [0.717, 1.165) is 16.9 Å². The fourth-order valence-electron chi connectivity index (χ4n) is 2.24. The lowest BCUT2D eigenvalue weighted by molar-refractivity contribution is 0.0955. The van der Waals surface area contributed by atoms with Crippen molar-refractivity contribution in [1.29, 1.82) is 0 Å². The van der Waals surface area contributed by atoms with Crippen molar-refractivity contribution in [1.82, 2.24) is 5.32 Å². The zero-order valence-electron chi connectivity index (χ0n) is 13.4. The van der Waals surface area contributed by atoms with Gasteiger partial charge in [-0.05, 0) is 42.7 Å². The molecule has 1 heterocycles. The molecular formula is C17H21NO3S. The maximum Gasteiger partial charge on any atom is 0.261 e. The molecule has 118 valence electrons. The first kappa shape index (κ1) is 16.4. The Bertz CT molecular complexity index is 664. The molecule has 0 fully saturated rings. The number of nitrogens with one attached hydrogen (secondary N) is 1. The number of hydrogen-bond acceptors (Lipinski definition) is 4. The van der Waals surface area contributed by atoms with Gasteiger partial charge < -0.3 is 14.8 Å². The molecule has 22 heavy (non-hydrogen) atoms. The van der Waals surface area contributed by atoms with E-state index in [9.17, 15) is 4.79 Å². The van der Waals surface area contributed by atoms with E-state index in [1.807, 2.05) is 24.3 Å². The monoisotopic (exact) mass is 319 g/mol. The zero-order chi connectivity index (χ0) is 16.1. The van der Waals surface area contributed by atoms with Crippen LogP contribution in [0.25, 0.3) is 0 Å². The second-order valence-electron chi connectivity index (χ2n) is 4.92. The summed E-state index contributed by atoms with van der Waals surface area (Å²) < 4.78 is 10.5. The van der Waals surface area contributed by atoms with Gasteiger partial charge in [-0.1, -0.05) is 13.0 Å². The fraction of sp³-hybridized carbons (Fsp3) is 0.353. The van der Waals surface area contributed by atoms with Gasteiger partial charge in [0.2, 0.25) is 0 Å². The Kier molecular flexibility index (Phi) is 5.44. The molecule has 0 aliphatic carbocycles. The minimum atomic E-state index is -0.0393. The van der Waals surface area contributed by atoms with E-state index < -0.39 is 0 Å². The first-order valence-electron chi connectivity index (χ1n) is 7.17. The van der Waals surface area contributed by atoms with Crippen molar-refractivity contribution in [3.8, 4) is 11.5 Å². The van der Waals surface area contributed by atoms with Crippen LogP contribution in [0.5, 0.6) is 11.5 Å². The normalized spacial score (nSPS) is 10.4. The van der Waals surface area contributed by atoms with Gasteiger partial charge in [-0.15, -0.1) is 11.3 Å². The summed E-state index contributed by atoms with van der Waals surface area (Å²) in [4.78, 5) is 14.2. The lowest BCUT2D eigenvalue weighted by atomic mass is 10.2. The van der Waals surface area contributed by atoms with Crippen LogP contribution in [0, 0.1) is 6.92 Å². The summed E-state index contributed by atoms with van der Waals surface area (Å²) in [5.74, 6) is 1.30. The molecule has 1 N–H and O–H groups in total. The smallest absolute Gasteiger partial charge is 0.261 e. The number of methoxy groups -OCH3 is 2. The van der Waals surface area contributed by atoms with E-state index in [2.05, 4.69) is 19.2 Å². The molecule has 0 saturated heterocycles. The minimum absolute atomic E-state index is 0.0393. The average Bonchev–Trinajstić information content (AvgIpc) is 2.93. The van der Waals surface area contributed by atoms with Crippen LogP contribution in [-0.2, 0) is 13.0 Å². The molecule has 0 unspecified atom stereocenters. The van der Waals surface area contributed by atoms with Gasteiger partial charge in [0, 0.05) is 11.4 Å². The molecule has 5 heteroatoms. The van der Waals surface area contributed by atoms with E-state index in [1.54, 1.807) is 14.2 Å². The van der Waals surface area contributed by atoms with Crippen LogP contribution >= 0.6 is 11.3 Å². The van der Waals surface area contributed by atoms with Gasteiger partial charge in [-0.2, -0.15) is 0 Å². The van der Waals surface area contributed by atoms with E-state index in [-0.39, 0.29) is 5.91 Å². The molecule has 2 rings (SSSR count). The summed E-state index contributed by atoms with van der Waals surface area (Å²) >= 11 is 1.54. The number of rotatable bonds is 6. The Balaban J connectivity index is 2.04. The number of amides is 1. The van der Waals surface area contributed by atoms with E-state index in [0.29, 0.717) is 18.0 Å². The van der Waals surface area contributed by atoms with Crippen molar-refractivity contribution in [2.45, 2.75) is 26.8 Å². The molecular weight excluding hydrogens is 298 g/mol. The Labute approximate surface area is 135 Å². The van der Waals surface area contributed by atoms with Gasteiger partial charge in [0.15, 0.2) is 11.5 Å². The lowest BCUT2D eigenvalue weighted by Gasteiger charge is -2.10. The standard InChI is InChI=1S/C17H21NO3S/c1-5-13-9-16(22-11(13)2)17(19)18-10-12-6-7-14(20-3)15(8-12)21-4/h6-9H,5,10H2,1-4H3,(H,18,19). The topological polar surface area (TPSA) is 47.6 Å². The quantitative estimate of drug-likeness (QED) is 0.885. The van der Waals surface area contributed by atoms with Crippen molar-refractivity contribution < 1.29 is 14.3 Å². The lowest BCUT2D eigenvalue weighted by Crippen LogP contribution is -2.21. The summed E-state index contributed by atoms with van der Waals surface area (Å²) in [5, 5.41) is 2.94. The molecule has 0 saturated carbocycles. The number of carbonyl (C=O) groups is 1. The second-order valence-corrected chi connectivity index (χ2v) is 6.17. The molecule has 0 atom stereocenters. The van der Waals surface area contributed by atoms with E-state index >= 15 is 0 Å². The number of benzene rings is 1. The van der Waals surface area contributed by atoms with Crippen molar-refractivity contribution >= 4 is 17.2 Å². The third kappa shape index (κ3) is 3.60. The number of aryl methyl sites for hydroxylation is 2. The molecule has 2 aromatic rings. The van der Waals surface area contributed by atoms with Crippen LogP contribution < -0.4 is 14.8 Å². The highest BCUT2D eigenvalue weighted by atomic mass is 32.1. The van der Waals surface area contributed by atoms with Crippen LogP contribution in [0.15, 0.2) is 24.3 Å². The van der Waals surface area contributed by atoms with Gasteiger partial charge in [-0.25, -0.2) is 0 Å². The number of ether oxygens (including phenoxy) is 2. The predicted molar refractivity (Wildman–Crippen MR) is 89.2 cm³/mol. The first-order valence-corrected chi connectivity index (χ1v) is 7.99. The SMILES string of the molecule is CCc1cc(C(=O)NCc2ccc(OC)c(OC)c2)sc1C. The second kappa shape index (κ2) is 7.31. The highest BCUT2D eigenvalue weighted by Crippen LogP contribution is 2.27. The number of hydrogen-bond donors (Lipinski definition) is 1. The van der Waals surface area contributed by atoms with Gasteiger partial charge >= 0.3 is 0 Å². The molecule has 0 bridgehead atoms. The first-order chi connectivity index (χ1) is 10.6. The third-order valence-electron chi connectivity index (χ3n) is 3.53. The van der Waals surface area contributed by atoms with Crippen molar-refractivity contribution in [2.24, 2.45) is 0 Å². The summed E-state index contributed by atoms with van der Waals surface area (Å²) in [6.07, 6.45) is 0.950. The third-order valence-corrected chi connectivity index (χ3v) is 4.62. The maximum absolute atomic E-state index is 12.2. The predicted octanol–water partition coefficient (Wildman–Crippen LogP) is 3.57. The Morgan fingerprint density at radius 2 is 1.91 bits per heavy atom. The largest absolute Gasteiger partial charge is 0.493 e. The molecule has 0 radical (unpaired) electrons. The van der Waals surface area contributed by atoms with Crippen LogP contribution in [-0.4, -0.2) is 20.1 Å². The summed E-state index contributed by atoms with van der Waals surface area (Å²) in [7, 11) is 3.20. The average molecular weight is 319 g/mol. The number of thiophene rings is 1. The maximum atomic E-state index is 12.2. The summed E-state index contributed by atoms with van der Waals surface area (Å²) in [6, 6.07) is 7.60. The molecule has 0 aliphatic heterocycles. The van der Waals surface area contributed by atoms with Crippen LogP contribution in [0.1, 0.15) is 32.6 Å². The summed E-state index contributed by atoms with van der Waals surface area (Å²) in [6.45, 7) is 4.60. The molecule has 1 amide bonds. The van der Waals surface area contributed by atoms with Gasteiger partial charge in [-0.3, -0.25) is 4.79 Å². The zero-order valence-corrected chi connectivity index (χ0v) is 14.2. The molecule has 0 aliphatic rings. The molecule has 0 spiro atoms. The highest BCUT2D eigenvalue weighted by Gasteiger charge is 2.12. The Hall–Kier alpha value is -2.01. The van der Waals surface area contributed by atoms with Crippen LogP contribution in [0.4, 0.5) is 0 Å². The van der Waals surface area contributed by atoms with E-state index in [4.69, 9.17) is 9.47 Å². The highest BCUT2D eigenvalue weighted by molar-refractivity contribution is 7.14. The van der Waals surface area contributed by atoms with Crippen LogP contribution in [0.2, 0.25) is 0 Å². The van der Waals surface area contributed by atoms with Crippen LogP contribution in [0.3, 0.4) is 0 Å². The summed E-state index contributed by atoms with van der Waals surface area (Å²) in [5.41, 5.74) is 2.20. The van der Waals surface area contributed by atoms with Gasteiger partial charge in [0.25, 0.3) is 5.91 Å². The van der Waals surface area contributed by atoms with Gasteiger partial charge in [0.1, 0.15) is 0 Å². The molecule has 4 nitrogen and oxygen atoms in total. The fourth-order valence-corrected chi connectivity index (χ4v) is 3.27. The van der Waals surface area contributed by atoms with E-state index in [1.165, 1.54) is 21.8 Å². The van der Waals surface area contributed by atoms with Crippen molar-refractivity contribution in [2.75, 3.05) is 14.2 Å². The molecule has 1 aromatic heterocycles. The van der Waals surface area contributed by atoms with Crippen molar-refractivity contribution in [3.63, 3.8) is 0 Å². The van der Waals surface area contributed by atoms with Crippen molar-refractivity contribution in [3.05, 3.63) is 45.1 Å². The minimum Gasteiger partial charge on any atom is -0.493 e. The van der Waals surface area contributed by atoms with Gasteiger partial charge in [0.05, 0.1) is 19.1 Å².